The minimum Gasteiger partial charge on any atom is -0.309 e. The summed E-state index contributed by atoms with van der Waals surface area (Å²) >= 11 is 8.14. The molecule has 1 aliphatic rings. The van der Waals surface area contributed by atoms with E-state index in [4.69, 9.17) is 11.6 Å². The van der Waals surface area contributed by atoms with Crippen molar-refractivity contribution >= 4 is 35.0 Å². The van der Waals surface area contributed by atoms with E-state index >= 15 is 0 Å². The van der Waals surface area contributed by atoms with Crippen LogP contribution in [0.5, 0.6) is 0 Å². The lowest BCUT2D eigenvalue weighted by atomic mass is 10.1. The molecule has 1 atom stereocenters. The molecule has 0 aromatic heterocycles. The second-order valence-corrected chi connectivity index (χ2v) is 6.15. The van der Waals surface area contributed by atoms with E-state index in [1.165, 1.54) is 0 Å². The van der Waals surface area contributed by atoms with Gasteiger partial charge >= 0.3 is 0 Å². The Morgan fingerprint density at radius 1 is 1.10 bits per heavy atom. The standard InChI is InChI=1S/C16H14ClNOS/c17-15(12-6-2-1-3-7-12)16(19)18-10-11-20-14-9-5-4-8-13(14)18/h1-9,15H,10-11H2. The van der Waals surface area contributed by atoms with Gasteiger partial charge in [0.05, 0.1) is 5.69 Å². The van der Waals surface area contributed by atoms with Crippen molar-refractivity contribution in [2.75, 3.05) is 17.2 Å². The van der Waals surface area contributed by atoms with E-state index in [0.717, 1.165) is 21.9 Å². The minimum absolute atomic E-state index is 0.0504. The summed E-state index contributed by atoms with van der Waals surface area (Å²) < 4.78 is 0. The highest BCUT2D eigenvalue weighted by Crippen LogP contribution is 2.36. The molecule has 2 nitrogen and oxygen atoms in total. The summed E-state index contributed by atoms with van der Waals surface area (Å²) in [6.45, 7) is 0.705. The number of anilines is 1. The summed E-state index contributed by atoms with van der Waals surface area (Å²) in [6, 6.07) is 17.5. The van der Waals surface area contributed by atoms with Crippen LogP contribution in [0.2, 0.25) is 0 Å². The van der Waals surface area contributed by atoms with Gasteiger partial charge in [-0.15, -0.1) is 23.4 Å². The van der Waals surface area contributed by atoms with Gasteiger partial charge in [0, 0.05) is 17.2 Å². The number of hydrogen-bond acceptors (Lipinski definition) is 2. The number of nitrogens with zero attached hydrogens (tertiary/aromatic N) is 1. The summed E-state index contributed by atoms with van der Waals surface area (Å²) in [5.74, 6) is 0.854. The van der Waals surface area contributed by atoms with Gasteiger partial charge in [-0.25, -0.2) is 0 Å². The summed E-state index contributed by atoms with van der Waals surface area (Å²) in [7, 11) is 0. The van der Waals surface area contributed by atoms with Crippen LogP contribution in [0.15, 0.2) is 59.5 Å². The van der Waals surface area contributed by atoms with Gasteiger partial charge in [-0.3, -0.25) is 4.79 Å². The monoisotopic (exact) mass is 303 g/mol. The maximum absolute atomic E-state index is 12.6. The number of alkyl halides is 1. The summed E-state index contributed by atoms with van der Waals surface area (Å²) in [4.78, 5) is 15.6. The number of rotatable bonds is 2. The number of thioether (sulfide) groups is 1. The van der Waals surface area contributed by atoms with Crippen LogP contribution >= 0.6 is 23.4 Å². The predicted octanol–water partition coefficient (Wildman–Crippen LogP) is 4.11. The molecular weight excluding hydrogens is 290 g/mol. The third-order valence-corrected chi connectivity index (χ3v) is 4.79. The molecule has 0 bridgehead atoms. The van der Waals surface area contributed by atoms with Crippen molar-refractivity contribution in [2.45, 2.75) is 10.3 Å². The number of carbonyl (C=O) groups is 1. The predicted molar refractivity (Wildman–Crippen MR) is 84.6 cm³/mol. The molecule has 4 heteroatoms. The highest BCUT2D eigenvalue weighted by molar-refractivity contribution is 7.99. The Morgan fingerprint density at radius 2 is 1.80 bits per heavy atom. The van der Waals surface area contributed by atoms with Gasteiger partial charge in [-0.1, -0.05) is 42.5 Å². The molecule has 0 N–H and O–H groups in total. The van der Waals surface area contributed by atoms with Gasteiger partial charge in [-0.2, -0.15) is 0 Å². The third-order valence-electron chi connectivity index (χ3n) is 3.30. The van der Waals surface area contributed by atoms with E-state index in [9.17, 15) is 4.79 Å². The van der Waals surface area contributed by atoms with Crippen molar-refractivity contribution in [2.24, 2.45) is 0 Å². The quantitative estimate of drug-likeness (QED) is 0.778. The van der Waals surface area contributed by atoms with Crippen molar-refractivity contribution in [3.63, 3.8) is 0 Å². The number of para-hydroxylation sites is 1. The van der Waals surface area contributed by atoms with Crippen LogP contribution in [0, 0.1) is 0 Å². The number of halogens is 1. The number of amides is 1. The van der Waals surface area contributed by atoms with E-state index < -0.39 is 5.38 Å². The summed E-state index contributed by atoms with van der Waals surface area (Å²) in [5, 5.41) is -0.632. The Morgan fingerprint density at radius 3 is 2.60 bits per heavy atom. The largest absolute Gasteiger partial charge is 0.309 e. The highest BCUT2D eigenvalue weighted by Gasteiger charge is 2.28. The van der Waals surface area contributed by atoms with Crippen LogP contribution in [0.1, 0.15) is 10.9 Å². The Kier molecular flexibility index (Phi) is 3.99. The molecule has 0 spiro atoms. The second kappa shape index (κ2) is 5.90. The van der Waals surface area contributed by atoms with Crippen molar-refractivity contribution in [3.05, 3.63) is 60.2 Å². The SMILES string of the molecule is O=C(C(Cl)c1ccccc1)N1CCSc2ccccc21. The highest BCUT2D eigenvalue weighted by atomic mass is 35.5. The van der Waals surface area contributed by atoms with Crippen LogP contribution in [-0.4, -0.2) is 18.2 Å². The number of carbonyl (C=O) groups excluding carboxylic acids is 1. The zero-order valence-electron chi connectivity index (χ0n) is 10.8. The molecule has 0 fully saturated rings. The lowest BCUT2D eigenvalue weighted by molar-refractivity contribution is -0.118. The lowest BCUT2D eigenvalue weighted by Crippen LogP contribution is -2.37. The first kappa shape index (κ1) is 13.5. The molecule has 1 aliphatic heterocycles. The average Bonchev–Trinajstić information content (AvgIpc) is 2.54. The fourth-order valence-electron chi connectivity index (χ4n) is 2.30. The Labute approximate surface area is 127 Å². The molecule has 102 valence electrons. The van der Waals surface area contributed by atoms with Crippen LogP contribution in [0.3, 0.4) is 0 Å². The van der Waals surface area contributed by atoms with Crippen molar-refractivity contribution in [3.8, 4) is 0 Å². The summed E-state index contributed by atoms with van der Waals surface area (Å²) in [5.41, 5.74) is 1.81. The second-order valence-electron chi connectivity index (χ2n) is 4.58. The van der Waals surface area contributed by atoms with Crippen LogP contribution in [-0.2, 0) is 4.79 Å². The molecule has 1 amide bonds. The smallest absolute Gasteiger partial charge is 0.249 e. The fraction of sp³-hybridized carbons (Fsp3) is 0.188. The van der Waals surface area contributed by atoms with Crippen LogP contribution in [0.4, 0.5) is 5.69 Å². The number of benzene rings is 2. The molecule has 1 heterocycles. The Balaban J connectivity index is 1.89. The van der Waals surface area contributed by atoms with Crippen LogP contribution < -0.4 is 4.90 Å². The molecule has 0 radical (unpaired) electrons. The first-order valence-electron chi connectivity index (χ1n) is 6.49. The van der Waals surface area contributed by atoms with E-state index in [2.05, 4.69) is 0 Å². The zero-order chi connectivity index (χ0) is 13.9. The molecule has 0 saturated heterocycles. The van der Waals surface area contributed by atoms with Crippen molar-refractivity contribution in [1.29, 1.82) is 0 Å². The van der Waals surface area contributed by atoms with Gasteiger partial charge in [0.1, 0.15) is 5.38 Å². The number of hydrogen-bond donors (Lipinski definition) is 0. The van der Waals surface area contributed by atoms with Gasteiger partial charge in [-0.05, 0) is 17.7 Å². The van der Waals surface area contributed by atoms with Crippen LogP contribution in [0.25, 0.3) is 0 Å². The average molecular weight is 304 g/mol. The first-order chi connectivity index (χ1) is 9.77. The molecule has 0 saturated carbocycles. The molecule has 0 aliphatic carbocycles. The maximum atomic E-state index is 12.6. The van der Waals surface area contributed by atoms with Gasteiger partial charge in [0.15, 0.2) is 0 Å². The Hall–Kier alpha value is -1.45. The molecule has 2 aromatic rings. The molecular formula is C16H14ClNOS. The first-order valence-corrected chi connectivity index (χ1v) is 7.92. The van der Waals surface area contributed by atoms with Crippen molar-refractivity contribution in [1.82, 2.24) is 0 Å². The van der Waals surface area contributed by atoms with Gasteiger partial charge < -0.3 is 4.90 Å². The third kappa shape index (κ3) is 2.56. The van der Waals surface area contributed by atoms with E-state index in [1.807, 2.05) is 54.6 Å². The van der Waals surface area contributed by atoms with E-state index in [1.54, 1.807) is 16.7 Å². The van der Waals surface area contributed by atoms with Gasteiger partial charge in [0.2, 0.25) is 5.91 Å². The normalized spacial score (nSPS) is 15.6. The molecule has 2 aromatic carbocycles. The van der Waals surface area contributed by atoms with Crippen molar-refractivity contribution < 1.29 is 4.79 Å². The molecule has 20 heavy (non-hydrogen) atoms. The van der Waals surface area contributed by atoms with E-state index in [-0.39, 0.29) is 5.91 Å². The van der Waals surface area contributed by atoms with Gasteiger partial charge in [0.25, 0.3) is 0 Å². The molecule has 1 unspecified atom stereocenters. The lowest BCUT2D eigenvalue weighted by Gasteiger charge is -2.30. The topological polar surface area (TPSA) is 20.3 Å². The zero-order valence-corrected chi connectivity index (χ0v) is 12.4. The minimum atomic E-state index is -0.632. The fourth-order valence-corrected chi connectivity index (χ4v) is 3.56. The summed E-state index contributed by atoms with van der Waals surface area (Å²) in [6.07, 6.45) is 0. The molecule has 3 rings (SSSR count). The number of fused-ring (bicyclic) bond motifs is 1. The van der Waals surface area contributed by atoms with E-state index in [0.29, 0.717) is 6.54 Å². The Bertz CT molecular complexity index is 617. The maximum Gasteiger partial charge on any atom is 0.249 e.